The van der Waals surface area contributed by atoms with Gasteiger partial charge in [0.1, 0.15) is 0 Å². The maximum Gasteiger partial charge on any atom is 0.0302 e. The molecule has 1 N–H and O–H groups in total. The molecule has 1 heterocycles. The Bertz CT molecular complexity index is 361. The molecular formula is C15H23BrN2. The van der Waals surface area contributed by atoms with Gasteiger partial charge in [-0.25, -0.2) is 0 Å². The molecule has 100 valence electrons. The monoisotopic (exact) mass is 310 g/mol. The Hall–Kier alpha value is -0.380. The maximum atomic E-state index is 3.61. The van der Waals surface area contributed by atoms with Crippen molar-refractivity contribution >= 4 is 15.9 Å². The summed E-state index contributed by atoms with van der Waals surface area (Å²) in [5.41, 5.74) is 1.35. The lowest BCUT2D eigenvalue weighted by Gasteiger charge is -2.18. The SMILES string of the molecule is C[C@@H](NCCCN1CCCC1)c1ccccc1Br. The van der Waals surface area contributed by atoms with E-state index in [1.807, 2.05) is 0 Å². The summed E-state index contributed by atoms with van der Waals surface area (Å²) >= 11 is 3.61. The number of benzene rings is 1. The van der Waals surface area contributed by atoms with Gasteiger partial charge >= 0.3 is 0 Å². The third kappa shape index (κ3) is 4.08. The smallest absolute Gasteiger partial charge is 0.0302 e. The van der Waals surface area contributed by atoms with Gasteiger partial charge in [0, 0.05) is 10.5 Å². The van der Waals surface area contributed by atoms with Gasteiger partial charge in [-0.3, -0.25) is 0 Å². The standard InChI is InChI=1S/C15H23BrN2/c1-13(14-7-2-3-8-15(14)16)17-9-6-12-18-10-4-5-11-18/h2-3,7-8,13,17H,4-6,9-12H2,1H3/t13-/m1/s1. The van der Waals surface area contributed by atoms with Crippen molar-refractivity contribution in [2.75, 3.05) is 26.2 Å². The molecule has 1 fully saturated rings. The normalized spacial score (nSPS) is 18.1. The largest absolute Gasteiger partial charge is 0.310 e. The molecule has 3 heteroatoms. The van der Waals surface area contributed by atoms with Crippen LogP contribution in [0.25, 0.3) is 0 Å². The first-order chi connectivity index (χ1) is 8.77. The summed E-state index contributed by atoms with van der Waals surface area (Å²) in [6, 6.07) is 8.87. The number of nitrogens with one attached hydrogen (secondary N) is 1. The molecule has 0 bridgehead atoms. The average Bonchev–Trinajstić information content (AvgIpc) is 2.88. The summed E-state index contributed by atoms with van der Waals surface area (Å²) in [4.78, 5) is 2.57. The third-order valence-electron chi connectivity index (χ3n) is 3.67. The summed E-state index contributed by atoms with van der Waals surface area (Å²) < 4.78 is 1.20. The van der Waals surface area contributed by atoms with Crippen molar-refractivity contribution in [3.05, 3.63) is 34.3 Å². The zero-order chi connectivity index (χ0) is 12.8. The lowest BCUT2D eigenvalue weighted by atomic mass is 10.1. The lowest BCUT2D eigenvalue weighted by Crippen LogP contribution is -2.26. The van der Waals surface area contributed by atoms with Crippen LogP contribution in [0.3, 0.4) is 0 Å². The first-order valence-corrected chi connectivity index (χ1v) is 7.77. The minimum Gasteiger partial charge on any atom is -0.310 e. The Morgan fingerprint density at radius 2 is 2.00 bits per heavy atom. The van der Waals surface area contributed by atoms with Crippen molar-refractivity contribution < 1.29 is 0 Å². The second-order valence-electron chi connectivity index (χ2n) is 5.10. The van der Waals surface area contributed by atoms with E-state index < -0.39 is 0 Å². The number of rotatable bonds is 6. The minimum atomic E-state index is 0.416. The van der Waals surface area contributed by atoms with E-state index in [1.54, 1.807) is 0 Å². The van der Waals surface area contributed by atoms with Crippen LogP contribution in [0.1, 0.15) is 37.8 Å². The summed E-state index contributed by atoms with van der Waals surface area (Å²) in [6.07, 6.45) is 4.02. The van der Waals surface area contributed by atoms with Gasteiger partial charge in [0.2, 0.25) is 0 Å². The molecule has 1 saturated heterocycles. The molecular weight excluding hydrogens is 288 g/mol. The molecule has 0 radical (unpaired) electrons. The third-order valence-corrected chi connectivity index (χ3v) is 4.39. The lowest BCUT2D eigenvalue weighted by molar-refractivity contribution is 0.328. The molecule has 0 amide bonds. The molecule has 0 spiro atoms. The highest BCUT2D eigenvalue weighted by molar-refractivity contribution is 9.10. The number of nitrogens with zero attached hydrogens (tertiary/aromatic N) is 1. The molecule has 1 aliphatic rings. The predicted molar refractivity (Wildman–Crippen MR) is 80.9 cm³/mol. The van der Waals surface area contributed by atoms with E-state index in [4.69, 9.17) is 0 Å². The quantitative estimate of drug-likeness (QED) is 0.808. The highest BCUT2D eigenvalue weighted by atomic mass is 79.9. The number of likely N-dealkylation sites (tertiary alicyclic amines) is 1. The first kappa shape index (κ1) is 14.0. The van der Waals surface area contributed by atoms with Gasteiger partial charge in [0.25, 0.3) is 0 Å². The number of halogens is 1. The Morgan fingerprint density at radius 1 is 1.28 bits per heavy atom. The van der Waals surface area contributed by atoms with Crippen LogP contribution in [0.15, 0.2) is 28.7 Å². The molecule has 0 unspecified atom stereocenters. The summed E-state index contributed by atoms with van der Waals surface area (Å²) in [5.74, 6) is 0. The fourth-order valence-electron chi connectivity index (χ4n) is 2.56. The van der Waals surface area contributed by atoms with Crippen LogP contribution in [0.4, 0.5) is 0 Å². The zero-order valence-electron chi connectivity index (χ0n) is 11.2. The molecule has 1 aliphatic heterocycles. The van der Waals surface area contributed by atoms with Gasteiger partial charge in [0.05, 0.1) is 0 Å². The van der Waals surface area contributed by atoms with Crippen LogP contribution in [0.5, 0.6) is 0 Å². The van der Waals surface area contributed by atoms with E-state index in [1.165, 1.54) is 48.9 Å². The molecule has 0 aliphatic carbocycles. The van der Waals surface area contributed by atoms with E-state index in [2.05, 4.69) is 57.3 Å². The van der Waals surface area contributed by atoms with Crippen molar-refractivity contribution in [1.29, 1.82) is 0 Å². The first-order valence-electron chi connectivity index (χ1n) is 6.97. The topological polar surface area (TPSA) is 15.3 Å². The Kier molecular flexibility index (Phi) is 5.67. The van der Waals surface area contributed by atoms with Crippen molar-refractivity contribution in [2.45, 2.75) is 32.2 Å². The van der Waals surface area contributed by atoms with Crippen LogP contribution in [-0.2, 0) is 0 Å². The molecule has 1 aromatic carbocycles. The maximum absolute atomic E-state index is 3.61. The summed E-state index contributed by atoms with van der Waals surface area (Å²) in [5, 5.41) is 3.61. The summed E-state index contributed by atoms with van der Waals surface area (Å²) in [6.45, 7) is 7.18. The minimum absolute atomic E-state index is 0.416. The van der Waals surface area contributed by atoms with Gasteiger partial charge < -0.3 is 10.2 Å². The van der Waals surface area contributed by atoms with Gasteiger partial charge in [-0.1, -0.05) is 34.1 Å². The van der Waals surface area contributed by atoms with Gasteiger partial charge in [-0.2, -0.15) is 0 Å². The van der Waals surface area contributed by atoms with E-state index in [0.717, 1.165) is 6.54 Å². The molecule has 2 nitrogen and oxygen atoms in total. The van der Waals surface area contributed by atoms with Gasteiger partial charge in [-0.15, -0.1) is 0 Å². The highest BCUT2D eigenvalue weighted by Crippen LogP contribution is 2.22. The zero-order valence-corrected chi connectivity index (χ0v) is 12.7. The Balaban J connectivity index is 1.68. The van der Waals surface area contributed by atoms with E-state index in [-0.39, 0.29) is 0 Å². The molecule has 0 aromatic heterocycles. The molecule has 18 heavy (non-hydrogen) atoms. The Morgan fingerprint density at radius 3 is 2.72 bits per heavy atom. The van der Waals surface area contributed by atoms with Crippen molar-refractivity contribution in [3.8, 4) is 0 Å². The van der Waals surface area contributed by atoms with Crippen molar-refractivity contribution in [1.82, 2.24) is 10.2 Å². The average molecular weight is 311 g/mol. The fraction of sp³-hybridized carbons (Fsp3) is 0.600. The van der Waals surface area contributed by atoms with Gasteiger partial charge in [-0.05, 0) is 64.0 Å². The second kappa shape index (κ2) is 7.27. The van der Waals surface area contributed by atoms with Crippen LogP contribution in [-0.4, -0.2) is 31.1 Å². The van der Waals surface area contributed by atoms with Crippen LogP contribution >= 0.6 is 15.9 Å². The molecule has 1 aromatic rings. The predicted octanol–water partition coefficient (Wildman–Crippen LogP) is 3.59. The molecule has 2 rings (SSSR count). The summed E-state index contributed by atoms with van der Waals surface area (Å²) in [7, 11) is 0. The van der Waals surface area contributed by atoms with Crippen LogP contribution < -0.4 is 5.32 Å². The number of hydrogen-bond donors (Lipinski definition) is 1. The second-order valence-corrected chi connectivity index (χ2v) is 5.95. The fourth-order valence-corrected chi connectivity index (χ4v) is 3.19. The van der Waals surface area contributed by atoms with Crippen molar-refractivity contribution in [3.63, 3.8) is 0 Å². The van der Waals surface area contributed by atoms with E-state index in [0.29, 0.717) is 6.04 Å². The van der Waals surface area contributed by atoms with Crippen molar-refractivity contribution in [2.24, 2.45) is 0 Å². The Labute approximate surface area is 119 Å². The van der Waals surface area contributed by atoms with Crippen LogP contribution in [0, 0.1) is 0 Å². The van der Waals surface area contributed by atoms with Gasteiger partial charge in [0.15, 0.2) is 0 Å². The van der Waals surface area contributed by atoms with E-state index >= 15 is 0 Å². The van der Waals surface area contributed by atoms with Crippen LogP contribution in [0.2, 0.25) is 0 Å². The molecule has 1 atom stereocenters. The van der Waals surface area contributed by atoms with E-state index in [9.17, 15) is 0 Å². The highest BCUT2D eigenvalue weighted by Gasteiger charge is 2.11. The number of hydrogen-bond acceptors (Lipinski definition) is 2. The molecule has 0 saturated carbocycles.